The second kappa shape index (κ2) is 8.74. The molecule has 1 aromatic heterocycles. The van der Waals surface area contributed by atoms with Gasteiger partial charge in [-0.2, -0.15) is 0 Å². The molecule has 8 heteroatoms. The maximum absolute atomic E-state index is 13.5. The highest BCUT2D eigenvalue weighted by atomic mass is 79.9. The SMILES string of the molecule is CCC(=O)N[C@H](C(=O)N1OC2(CCC2)C[C@H]1c1ncc(-c2ccc(Br)cc2)[nH]1)C(C)C. The Balaban J connectivity index is 1.61. The number of carbonyl (C=O) groups is 2. The number of aromatic nitrogens is 2. The quantitative estimate of drug-likeness (QED) is 0.625. The minimum Gasteiger partial charge on any atom is -0.344 e. The Hall–Kier alpha value is -2.19. The number of nitrogens with zero attached hydrogens (tertiary/aromatic N) is 2. The Morgan fingerprint density at radius 2 is 2.03 bits per heavy atom. The molecule has 0 radical (unpaired) electrons. The van der Waals surface area contributed by atoms with Gasteiger partial charge in [0.25, 0.3) is 5.91 Å². The normalized spacial score (nSPS) is 20.7. The summed E-state index contributed by atoms with van der Waals surface area (Å²) in [7, 11) is 0. The van der Waals surface area contributed by atoms with Crippen LogP contribution in [0.4, 0.5) is 0 Å². The van der Waals surface area contributed by atoms with E-state index in [4.69, 9.17) is 4.84 Å². The van der Waals surface area contributed by atoms with Crippen LogP contribution < -0.4 is 5.32 Å². The molecule has 7 nitrogen and oxygen atoms in total. The number of nitrogens with one attached hydrogen (secondary N) is 2. The molecule has 1 spiro atoms. The zero-order valence-corrected chi connectivity index (χ0v) is 19.7. The number of hydrogen-bond acceptors (Lipinski definition) is 4. The van der Waals surface area contributed by atoms with Crippen LogP contribution in [0, 0.1) is 5.92 Å². The van der Waals surface area contributed by atoms with Crippen molar-refractivity contribution in [3.63, 3.8) is 0 Å². The molecule has 1 aliphatic carbocycles. The Bertz CT molecular complexity index is 952. The van der Waals surface area contributed by atoms with Crippen molar-refractivity contribution in [2.24, 2.45) is 5.92 Å². The summed E-state index contributed by atoms with van der Waals surface area (Å²) in [5, 5.41) is 4.35. The zero-order valence-electron chi connectivity index (χ0n) is 18.2. The fourth-order valence-electron chi connectivity index (χ4n) is 4.23. The number of rotatable bonds is 6. The lowest BCUT2D eigenvalue weighted by molar-refractivity contribution is -0.230. The van der Waals surface area contributed by atoms with Crippen LogP contribution in [0.25, 0.3) is 11.3 Å². The summed E-state index contributed by atoms with van der Waals surface area (Å²) in [5.41, 5.74) is 1.61. The number of benzene rings is 1. The van der Waals surface area contributed by atoms with Crippen LogP contribution >= 0.6 is 15.9 Å². The fourth-order valence-corrected chi connectivity index (χ4v) is 4.49. The molecule has 166 valence electrons. The number of carbonyl (C=O) groups excluding carboxylic acids is 2. The number of amides is 2. The summed E-state index contributed by atoms with van der Waals surface area (Å²) in [6, 6.07) is 7.05. The lowest BCUT2D eigenvalue weighted by Gasteiger charge is -2.37. The van der Waals surface area contributed by atoms with E-state index in [9.17, 15) is 9.59 Å². The first-order valence-corrected chi connectivity index (χ1v) is 11.7. The average Bonchev–Trinajstić information content (AvgIpc) is 3.36. The van der Waals surface area contributed by atoms with Crippen molar-refractivity contribution in [1.29, 1.82) is 0 Å². The molecule has 2 amide bonds. The maximum Gasteiger partial charge on any atom is 0.269 e. The Morgan fingerprint density at radius 3 is 2.61 bits per heavy atom. The zero-order chi connectivity index (χ0) is 22.2. The standard InChI is InChI=1S/C23H29BrN4O3/c1-4-19(29)27-20(14(2)3)22(30)28-18(12-23(31-28)10-5-11-23)21-25-13-17(26-21)15-6-8-16(24)9-7-15/h6-9,13-14,18,20H,4-5,10-12H2,1-3H3,(H,25,26)(H,27,29)/t18-,20-/m0/s1. The van der Waals surface area contributed by atoms with Crippen molar-refractivity contribution in [1.82, 2.24) is 20.3 Å². The number of halogens is 1. The molecule has 1 aromatic carbocycles. The van der Waals surface area contributed by atoms with Crippen molar-refractivity contribution in [3.8, 4) is 11.3 Å². The van der Waals surface area contributed by atoms with Crippen molar-refractivity contribution in [2.75, 3.05) is 0 Å². The molecule has 31 heavy (non-hydrogen) atoms. The Morgan fingerprint density at radius 1 is 1.32 bits per heavy atom. The van der Waals surface area contributed by atoms with Gasteiger partial charge in [-0.3, -0.25) is 14.4 Å². The van der Waals surface area contributed by atoms with Gasteiger partial charge < -0.3 is 10.3 Å². The minimum absolute atomic E-state index is 0.0554. The first-order chi connectivity index (χ1) is 14.8. The number of hydroxylamine groups is 2. The molecule has 2 heterocycles. The van der Waals surface area contributed by atoms with Gasteiger partial charge in [0.1, 0.15) is 17.9 Å². The molecule has 2 aliphatic rings. The van der Waals surface area contributed by atoms with Gasteiger partial charge in [-0.15, -0.1) is 0 Å². The summed E-state index contributed by atoms with van der Waals surface area (Å²) >= 11 is 3.46. The largest absolute Gasteiger partial charge is 0.344 e. The van der Waals surface area contributed by atoms with E-state index < -0.39 is 6.04 Å². The van der Waals surface area contributed by atoms with E-state index in [1.54, 1.807) is 13.1 Å². The first kappa shape index (κ1) is 22.0. The molecule has 0 unspecified atom stereocenters. The number of hydrogen-bond donors (Lipinski definition) is 2. The van der Waals surface area contributed by atoms with E-state index in [2.05, 4.69) is 31.2 Å². The molecule has 4 rings (SSSR count). The van der Waals surface area contributed by atoms with Crippen molar-refractivity contribution < 1.29 is 14.4 Å². The van der Waals surface area contributed by atoms with Crippen LogP contribution in [0.2, 0.25) is 0 Å². The van der Waals surface area contributed by atoms with E-state index >= 15 is 0 Å². The number of aromatic amines is 1. The van der Waals surface area contributed by atoms with Crippen LogP contribution in [0.15, 0.2) is 34.9 Å². The second-order valence-corrected chi connectivity index (χ2v) is 9.76. The second-order valence-electron chi connectivity index (χ2n) is 8.84. The van der Waals surface area contributed by atoms with E-state index in [0.29, 0.717) is 18.7 Å². The lowest BCUT2D eigenvalue weighted by atomic mass is 9.77. The maximum atomic E-state index is 13.5. The van der Waals surface area contributed by atoms with Gasteiger partial charge in [0, 0.05) is 17.3 Å². The van der Waals surface area contributed by atoms with Crippen molar-refractivity contribution in [3.05, 3.63) is 40.8 Å². The van der Waals surface area contributed by atoms with Gasteiger partial charge in [0.2, 0.25) is 5.91 Å². The first-order valence-electron chi connectivity index (χ1n) is 10.9. The molecule has 2 fully saturated rings. The Kier molecular flexibility index (Phi) is 6.21. The van der Waals surface area contributed by atoms with E-state index in [0.717, 1.165) is 35.0 Å². The molecule has 1 saturated heterocycles. The monoisotopic (exact) mass is 488 g/mol. The molecule has 1 saturated carbocycles. The van der Waals surface area contributed by atoms with E-state index in [-0.39, 0.29) is 29.4 Å². The lowest BCUT2D eigenvalue weighted by Crippen LogP contribution is -2.51. The Labute approximate surface area is 191 Å². The molecule has 2 N–H and O–H groups in total. The molecular formula is C23H29BrN4O3. The summed E-state index contributed by atoms with van der Waals surface area (Å²) < 4.78 is 1.01. The molecule has 2 aromatic rings. The van der Waals surface area contributed by atoms with Gasteiger partial charge >= 0.3 is 0 Å². The summed E-state index contributed by atoms with van der Waals surface area (Å²) in [6.45, 7) is 5.64. The summed E-state index contributed by atoms with van der Waals surface area (Å²) in [5.74, 6) is 0.295. The third-order valence-corrected chi connectivity index (χ3v) is 6.79. The highest BCUT2D eigenvalue weighted by Crippen LogP contribution is 2.50. The van der Waals surface area contributed by atoms with Crippen LogP contribution in [-0.4, -0.2) is 38.5 Å². The van der Waals surface area contributed by atoms with E-state index in [1.807, 2.05) is 38.1 Å². The van der Waals surface area contributed by atoms with Gasteiger partial charge in [0.05, 0.1) is 17.5 Å². The third kappa shape index (κ3) is 4.41. The fraction of sp³-hybridized carbons (Fsp3) is 0.522. The van der Waals surface area contributed by atoms with Crippen molar-refractivity contribution >= 4 is 27.7 Å². The molecule has 1 aliphatic heterocycles. The van der Waals surface area contributed by atoms with Gasteiger partial charge in [0.15, 0.2) is 0 Å². The van der Waals surface area contributed by atoms with Crippen LogP contribution in [0.5, 0.6) is 0 Å². The third-order valence-electron chi connectivity index (χ3n) is 6.26. The highest BCUT2D eigenvalue weighted by molar-refractivity contribution is 9.10. The predicted molar refractivity (Wildman–Crippen MR) is 121 cm³/mol. The number of H-pyrrole nitrogens is 1. The highest BCUT2D eigenvalue weighted by Gasteiger charge is 2.53. The van der Waals surface area contributed by atoms with E-state index in [1.165, 1.54) is 5.06 Å². The van der Waals surface area contributed by atoms with Gasteiger partial charge in [-0.1, -0.05) is 48.8 Å². The van der Waals surface area contributed by atoms with Gasteiger partial charge in [-0.05, 0) is 42.9 Å². The molecular weight excluding hydrogens is 460 g/mol. The average molecular weight is 489 g/mol. The smallest absolute Gasteiger partial charge is 0.269 e. The minimum atomic E-state index is -0.633. The summed E-state index contributed by atoms with van der Waals surface area (Å²) in [6.07, 6.45) is 5.80. The van der Waals surface area contributed by atoms with Crippen molar-refractivity contribution in [2.45, 2.75) is 70.6 Å². The topological polar surface area (TPSA) is 87.3 Å². The molecule has 2 atom stereocenters. The van der Waals surface area contributed by atoms with Gasteiger partial charge in [-0.25, -0.2) is 10.0 Å². The van der Waals surface area contributed by atoms with Crippen LogP contribution in [-0.2, 0) is 14.4 Å². The van der Waals surface area contributed by atoms with Crippen LogP contribution in [0.1, 0.15) is 64.7 Å². The summed E-state index contributed by atoms with van der Waals surface area (Å²) in [4.78, 5) is 39.8. The molecule has 0 bridgehead atoms. The van der Waals surface area contributed by atoms with Crippen LogP contribution in [0.3, 0.4) is 0 Å². The number of imidazole rings is 1. The predicted octanol–water partition coefficient (Wildman–Crippen LogP) is 4.52.